The predicted molar refractivity (Wildman–Crippen MR) is 111 cm³/mol. The van der Waals surface area contributed by atoms with Crippen LogP contribution in [0.2, 0.25) is 5.02 Å². The highest BCUT2D eigenvalue weighted by Gasteiger charge is 2.37. The van der Waals surface area contributed by atoms with Crippen LogP contribution in [0.3, 0.4) is 0 Å². The van der Waals surface area contributed by atoms with Crippen molar-refractivity contribution in [3.05, 3.63) is 53.1 Å². The van der Waals surface area contributed by atoms with Crippen molar-refractivity contribution in [2.24, 2.45) is 5.41 Å². The second kappa shape index (κ2) is 8.96. The van der Waals surface area contributed by atoms with E-state index in [4.69, 9.17) is 22.1 Å². The lowest BCUT2D eigenvalue weighted by atomic mass is 9.87. The first-order valence-corrected chi connectivity index (χ1v) is 9.16. The van der Waals surface area contributed by atoms with Crippen molar-refractivity contribution in [3.63, 3.8) is 0 Å². The average molecular weight is 419 g/mol. The number of esters is 1. The van der Waals surface area contributed by atoms with Gasteiger partial charge in [0.1, 0.15) is 5.75 Å². The largest absolute Gasteiger partial charge is 0.473 e. The summed E-state index contributed by atoms with van der Waals surface area (Å²) in [6.45, 7) is 5.06. The van der Waals surface area contributed by atoms with E-state index in [0.29, 0.717) is 11.3 Å². The van der Waals surface area contributed by atoms with E-state index in [-0.39, 0.29) is 16.5 Å². The number of methoxy groups -OCH3 is 1. The van der Waals surface area contributed by atoms with Gasteiger partial charge in [-0.25, -0.2) is 4.79 Å². The van der Waals surface area contributed by atoms with Crippen molar-refractivity contribution in [1.82, 2.24) is 0 Å². The highest BCUT2D eigenvalue weighted by Crippen LogP contribution is 2.26. The van der Waals surface area contributed by atoms with Gasteiger partial charge in [-0.2, -0.15) is 0 Å². The first kappa shape index (κ1) is 22.2. The van der Waals surface area contributed by atoms with E-state index in [2.05, 4.69) is 10.1 Å². The normalized spacial score (nSPS) is 12.0. The van der Waals surface area contributed by atoms with Gasteiger partial charge in [-0.15, -0.1) is 0 Å². The first-order valence-electron chi connectivity index (χ1n) is 8.78. The number of nitrogens with two attached hydrogens (primary N) is 1. The fourth-order valence-electron chi connectivity index (χ4n) is 2.38. The van der Waals surface area contributed by atoms with Gasteiger partial charge in [0.05, 0.1) is 23.4 Å². The second-order valence-corrected chi connectivity index (χ2v) is 7.76. The maximum absolute atomic E-state index is 12.9. The fraction of sp³-hybridized carbons (Fsp3) is 0.286. The maximum atomic E-state index is 12.9. The smallest absolute Gasteiger partial charge is 0.337 e. The molecule has 1 atom stereocenters. The zero-order chi connectivity index (χ0) is 21.8. The Hall–Kier alpha value is -3.06. The van der Waals surface area contributed by atoms with Gasteiger partial charge in [0.25, 0.3) is 5.91 Å². The molecule has 0 aliphatic carbocycles. The Morgan fingerprint density at radius 3 is 2.24 bits per heavy atom. The second-order valence-electron chi connectivity index (χ2n) is 7.36. The summed E-state index contributed by atoms with van der Waals surface area (Å²) in [6, 6.07) is 10.5. The zero-order valence-corrected chi connectivity index (χ0v) is 17.4. The van der Waals surface area contributed by atoms with Crippen LogP contribution < -0.4 is 15.8 Å². The Morgan fingerprint density at radius 1 is 1.07 bits per heavy atom. The molecule has 2 aromatic rings. The van der Waals surface area contributed by atoms with Crippen molar-refractivity contribution in [1.29, 1.82) is 0 Å². The summed E-state index contributed by atoms with van der Waals surface area (Å²) in [5, 5.41) is 2.87. The SMILES string of the molecule is COC(=O)c1ccc(O[C@@H](C(=O)Nc2cc(N)ccc2Cl)C(=O)C(C)(C)C)cc1. The molecule has 0 bridgehead atoms. The molecule has 0 saturated carbocycles. The van der Waals surface area contributed by atoms with Crippen molar-refractivity contribution in [3.8, 4) is 5.75 Å². The van der Waals surface area contributed by atoms with Crippen LogP contribution in [0.1, 0.15) is 31.1 Å². The summed E-state index contributed by atoms with van der Waals surface area (Å²) >= 11 is 6.10. The molecule has 0 radical (unpaired) electrons. The topological polar surface area (TPSA) is 108 Å². The quantitative estimate of drug-likeness (QED) is 0.420. The summed E-state index contributed by atoms with van der Waals surface area (Å²) < 4.78 is 10.3. The average Bonchev–Trinajstić information content (AvgIpc) is 2.67. The minimum atomic E-state index is -1.43. The maximum Gasteiger partial charge on any atom is 0.337 e. The van der Waals surface area contributed by atoms with E-state index >= 15 is 0 Å². The van der Waals surface area contributed by atoms with Gasteiger partial charge in [0.2, 0.25) is 6.10 Å². The monoisotopic (exact) mass is 418 g/mol. The van der Waals surface area contributed by atoms with Crippen molar-refractivity contribution in [2.45, 2.75) is 26.9 Å². The molecular formula is C21H23ClN2O5. The van der Waals surface area contributed by atoms with Gasteiger partial charge in [-0.05, 0) is 42.5 Å². The third-order valence-electron chi connectivity index (χ3n) is 3.99. The molecule has 1 amide bonds. The molecule has 8 heteroatoms. The number of nitrogens with one attached hydrogen (secondary N) is 1. The number of ether oxygens (including phenoxy) is 2. The predicted octanol–water partition coefficient (Wildman–Crippen LogP) is 3.71. The number of nitrogen functional groups attached to an aromatic ring is 1. The Morgan fingerprint density at radius 2 is 1.69 bits per heavy atom. The number of carbonyl (C=O) groups is 3. The number of hydrogen-bond donors (Lipinski definition) is 2. The molecule has 3 N–H and O–H groups in total. The van der Waals surface area contributed by atoms with Crippen LogP contribution in [0.4, 0.5) is 11.4 Å². The standard InChI is InChI=1S/C21H23ClN2O5/c1-21(2,3)18(25)17(19(26)24-16-11-13(23)7-10-15(16)22)29-14-8-5-12(6-9-14)20(27)28-4/h5-11,17H,23H2,1-4H3,(H,24,26)/t17-/m1/s1. The Labute approximate surface area is 174 Å². The molecule has 0 heterocycles. The third kappa shape index (κ3) is 5.71. The van der Waals surface area contributed by atoms with E-state index in [1.807, 2.05) is 0 Å². The molecule has 0 aliphatic rings. The van der Waals surface area contributed by atoms with Gasteiger partial charge >= 0.3 is 5.97 Å². The molecule has 0 unspecified atom stereocenters. The Kier molecular flexibility index (Phi) is 6.87. The van der Waals surface area contributed by atoms with E-state index in [9.17, 15) is 14.4 Å². The van der Waals surface area contributed by atoms with Crippen LogP contribution >= 0.6 is 11.6 Å². The number of Topliss-reactive ketones (excluding diaryl/α,β-unsaturated/α-hetero) is 1. The number of anilines is 2. The van der Waals surface area contributed by atoms with Crippen molar-refractivity contribution >= 4 is 40.6 Å². The fourth-order valence-corrected chi connectivity index (χ4v) is 2.54. The number of benzene rings is 2. The van der Waals surface area contributed by atoms with Crippen molar-refractivity contribution < 1.29 is 23.9 Å². The zero-order valence-electron chi connectivity index (χ0n) is 16.6. The van der Waals surface area contributed by atoms with Gasteiger partial charge < -0.3 is 20.5 Å². The van der Waals surface area contributed by atoms with E-state index < -0.39 is 29.2 Å². The van der Waals surface area contributed by atoms with Crippen LogP contribution in [0.25, 0.3) is 0 Å². The van der Waals surface area contributed by atoms with Crippen LogP contribution in [-0.2, 0) is 14.3 Å². The Balaban J connectivity index is 2.29. The van der Waals surface area contributed by atoms with Gasteiger partial charge in [-0.3, -0.25) is 9.59 Å². The van der Waals surface area contributed by atoms with Gasteiger partial charge in [-0.1, -0.05) is 32.4 Å². The molecule has 29 heavy (non-hydrogen) atoms. The van der Waals surface area contributed by atoms with Gasteiger partial charge in [0.15, 0.2) is 5.78 Å². The number of rotatable bonds is 6. The highest BCUT2D eigenvalue weighted by molar-refractivity contribution is 6.34. The first-order chi connectivity index (χ1) is 13.5. The molecule has 0 aliphatic heterocycles. The molecule has 2 aromatic carbocycles. The number of ketones is 1. The summed E-state index contributed by atoms with van der Waals surface area (Å²) in [4.78, 5) is 37.3. The summed E-state index contributed by atoms with van der Waals surface area (Å²) in [5.74, 6) is -1.37. The molecule has 0 saturated heterocycles. The summed E-state index contributed by atoms with van der Waals surface area (Å²) in [6.07, 6.45) is -1.43. The van der Waals surface area contributed by atoms with Crippen LogP contribution in [0, 0.1) is 5.41 Å². The number of hydrogen-bond acceptors (Lipinski definition) is 6. The summed E-state index contributed by atoms with van der Waals surface area (Å²) in [5.41, 5.74) is 5.89. The van der Waals surface area contributed by atoms with E-state index in [0.717, 1.165) is 0 Å². The van der Waals surface area contributed by atoms with Crippen molar-refractivity contribution in [2.75, 3.05) is 18.2 Å². The van der Waals surface area contributed by atoms with Crippen LogP contribution in [0.15, 0.2) is 42.5 Å². The van der Waals surface area contributed by atoms with Crippen LogP contribution in [-0.4, -0.2) is 30.9 Å². The molecule has 0 aromatic heterocycles. The third-order valence-corrected chi connectivity index (χ3v) is 4.32. The minimum Gasteiger partial charge on any atom is -0.473 e. The molecule has 0 spiro atoms. The van der Waals surface area contributed by atoms with Gasteiger partial charge in [0, 0.05) is 11.1 Å². The molecule has 7 nitrogen and oxygen atoms in total. The minimum absolute atomic E-state index is 0.245. The molecule has 2 rings (SSSR count). The molecular weight excluding hydrogens is 396 g/mol. The number of amides is 1. The lowest BCUT2D eigenvalue weighted by Gasteiger charge is -2.25. The van der Waals surface area contributed by atoms with E-state index in [1.165, 1.54) is 37.4 Å². The lowest BCUT2D eigenvalue weighted by Crippen LogP contribution is -2.45. The van der Waals surface area contributed by atoms with Crippen LogP contribution in [0.5, 0.6) is 5.75 Å². The molecule has 0 fully saturated rings. The molecule has 154 valence electrons. The number of carbonyl (C=O) groups excluding carboxylic acids is 3. The summed E-state index contributed by atoms with van der Waals surface area (Å²) in [7, 11) is 1.27. The van der Waals surface area contributed by atoms with E-state index in [1.54, 1.807) is 32.9 Å². The number of halogens is 1. The Bertz CT molecular complexity index is 920. The lowest BCUT2D eigenvalue weighted by molar-refractivity contribution is -0.140. The highest BCUT2D eigenvalue weighted by atomic mass is 35.5.